The molecular formula is C18H28N6O2. The highest BCUT2D eigenvalue weighted by Crippen LogP contribution is 2.25. The molecule has 0 fully saturated rings. The lowest BCUT2D eigenvalue weighted by atomic mass is 10.2. The second kappa shape index (κ2) is 9.07. The first-order valence-corrected chi connectivity index (χ1v) is 8.55. The van der Waals surface area contributed by atoms with Gasteiger partial charge in [-0.2, -0.15) is 0 Å². The van der Waals surface area contributed by atoms with Gasteiger partial charge in [0.15, 0.2) is 11.8 Å². The molecule has 1 aromatic carbocycles. The van der Waals surface area contributed by atoms with Crippen LogP contribution in [0, 0.1) is 6.92 Å². The predicted octanol–water partition coefficient (Wildman–Crippen LogP) is 1.74. The summed E-state index contributed by atoms with van der Waals surface area (Å²) in [6, 6.07) is 5.82. The molecule has 142 valence electrons. The van der Waals surface area contributed by atoms with Crippen LogP contribution in [0.3, 0.4) is 0 Å². The molecule has 0 saturated carbocycles. The number of ether oxygens (including phenoxy) is 2. The summed E-state index contributed by atoms with van der Waals surface area (Å²) in [6.07, 6.45) is 0. The molecule has 1 N–H and O–H groups in total. The number of aryl methyl sites for hydroxylation is 1. The van der Waals surface area contributed by atoms with Crippen LogP contribution in [0.15, 0.2) is 23.2 Å². The molecule has 1 heterocycles. The fraction of sp³-hybridized carbons (Fsp3) is 0.500. The van der Waals surface area contributed by atoms with Crippen LogP contribution in [0.5, 0.6) is 11.5 Å². The van der Waals surface area contributed by atoms with Crippen LogP contribution >= 0.6 is 0 Å². The van der Waals surface area contributed by atoms with Crippen LogP contribution in [-0.4, -0.2) is 53.4 Å². The molecule has 2 aromatic rings. The molecule has 0 aliphatic carbocycles. The van der Waals surface area contributed by atoms with Crippen LogP contribution < -0.4 is 14.8 Å². The standard InChI is InChI=1S/C18H28N6O2/c1-7-19-18(20-11-17-22-21-13(2)24(17)4)23(3)12-14-8-9-15(25-5)10-16(14)26-6/h8-10H,7,11-12H2,1-6H3,(H,19,20). The van der Waals surface area contributed by atoms with Gasteiger partial charge in [-0.3, -0.25) is 0 Å². The van der Waals surface area contributed by atoms with Crippen molar-refractivity contribution in [1.29, 1.82) is 0 Å². The first kappa shape index (κ1) is 19.6. The minimum absolute atomic E-state index is 0.462. The third-order valence-corrected chi connectivity index (χ3v) is 4.15. The van der Waals surface area contributed by atoms with E-state index in [1.807, 2.05) is 50.7 Å². The maximum absolute atomic E-state index is 5.49. The Morgan fingerprint density at radius 2 is 2.04 bits per heavy atom. The lowest BCUT2D eigenvalue weighted by Crippen LogP contribution is -2.38. The van der Waals surface area contributed by atoms with E-state index in [2.05, 4.69) is 25.4 Å². The number of rotatable bonds is 7. The minimum Gasteiger partial charge on any atom is -0.497 e. The number of hydrogen-bond acceptors (Lipinski definition) is 5. The zero-order valence-electron chi connectivity index (χ0n) is 16.4. The molecular weight excluding hydrogens is 332 g/mol. The van der Waals surface area contributed by atoms with Crippen molar-refractivity contribution in [3.05, 3.63) is 35.4 Å². The Balaban J connectivity index is 2.16. The number of aromatic nitrogens is 3. The number of aliphatic imine (C=N–C) groups is 1. The van der Waals surface area contributed by atoms with Gasteiger partial charge in [-0.05, 0) is 26.0 Å². The van der Waals surface area contributed by atoms with Crippen molar-refractivity contribution in [2.45, 2.75) is 26.9 Å². The van der Waals surface area contributed by atoms with Gasteiger partial charge in [0.25, 0.3) is 0 Å². The van der Waals surface area contributed by atoms with Gasteiger partial charge in [0.05, 0.1) is 14.2 Å². The summed E-state index contributed by atoms with van der Waals surface area (Å²) in [5, 5.41) is 11.5. The Labute approximate surface area is 154 Å². The molecule has 0 saturated heterocycles. The lowest BCUT2D eigenvalue weighted by molar-refractivity contribution is 0.382. The maximum Gasteiger partial charge on any atom is 0.194 e. The first-order chi connectivity index (χ1) is 12.5. The minimum atomic E-state index is 0.462. The first-order valence-electron chi connectivity index (χ1n) is 8.55. The molecule has 0 bridgehead atoms. The summed E-state index contributed by atoms with van der Waals surface area (Å²) < 4.78 is 12.7. The molecule has 8 heteroatoms. The molecule has 0 unspecified atom stereocenters. The zero-order valence-corrected chi connectivity index (χ0v) is 16.4. The highest BCUT2D eigenvalue weighted by atomic mass is 16.5. The van der Waals surface area contributed by atoms with Gasteiger partial charge in [-0.25, -0.2) is 4.99 Å². The third-order valence-electron chi connectivity index (χ3n) is 4.15. The molecule has 0 aliphatic rings. The van der Waals surface area contributed by atoms with Crippen molar-refractivity contribution >= 4 is 5.96 Å². The fourth-order valence-electron chi connectivity index (χ4n) is 2.52. The van der Waals surface area contributed by atoms with Gasteiger partial charge in [0.1, 0.15) is 23.9 Å². The van der Waals surface area contributed by atoms with E-state index in [-0.39, 0.29) is 0 Å². The van der Waals surface area contributed by atoms with Gasteiger partial charge in [-0.1, -0.05) is 0 Å². The summed E-state index contributed by atoms with van der Waals surface area (Å²) >= 11 is 0. The summed E-state index contributed by atoms with van der Waals surface area (Å²) in [5.41, 5.74) is 1.05. The SMILES string of the molecule is CCNC(=NCc1nnc(C)n1C)N(C)Cc1ccc(OC)cc1OC. The quantitative estimate of drug-likeness (QED) is 0.599. The number of nitrogens with one attached hydrogen (secondary N) is 1. The monoisotopic (exact) mass is 360 g/mol. The molecule has 0 amide bonds. The summed E-state index contributed by atoms with van der Waals surface area (Å²) in [5.74, 6) is 4.05. The second-order valence-electron chi connectivity index (χ2n) is 5.93. The Hall–Kier alpha value is -2.77. The Morgan fingerprint density at radius 3 is 2.62 bits per heavy atom. The van der Waals surface area contributed by atoms with Crippen LogP contribution in [0.1, 0.15) is 24.1 Å². The molecule has 2 rings (SSSR count). The van der Waals surface area contributed by atoms with E-state index in [9.17, 15) is 0 Å². The van der Waals surface area contributed by atoms with E-state index >= 15 is 0 Å². The molecule has 1 aromatic heterocycles. The van der Waals surface area contributed by atoms with Crippen molar-refractivity contribution in [2.24, 2.45) is 12.0 Å². The molecule has 0 radical (unpaired) electrons. The van der Waals surface area contributed by atoms with E-state index in [0.717, 1.165) is 41.2 Å². The fourth-order valence-corrected chi connectivity index (χ4v) is 2.52. The highest BCUT2D eigenvalue weighted by molar-refractivity contribution is 5.79. The Morgan fingerprint density at radius 1 is 1.27 bits per heavy atom. The molecule has 0 atom stereocenters. The average Bonchev–Trinajstić information content (AvgIpc) is 2.97. The van der Waals surface area contributed by atoms with E-state index < -0.39 is 0 Å². The molecule has 26 heavy (non-hydrogen) atoms. The summed E-state index contributed by atoms with van der Waals surface area (Å²) in [7, 11) is 7.24. The van der Waals surface area contributed by atoms with Gasteiger partial charge in [-0.15, -0.1) is 10.2 Å². The van der Waals surface area contributed by atoms with Crippen molar-refractivity contribution in [3.63, 3.8) is 0 Å². The largest absolute Gasteiger partial charge is 0.497 e. The number of methoxy groups -OCH3 is 2. The number of hydrogen-bond donors (Lipinski definition) is 1. The van der Waals surface area contributed by atoms with Gasteiger partial charge < -0.3 is 24.3 Å². The topological polar surface area (TPSA) is 76.8 Å². The number of nitrogens with zero attached hydrogens (tertiary/aromatic N) is 5. The van der Waals surface area contributed by atoms with E-state index in [1.54, 1.807) is 14.2 Å². The molecule has 0 spiro atoms. The maximum atomic E-state index is 5.49. The van der Waals surface area contributed by atoms with Crippen LogP contribution in [0.25, 0.3) is 0 Å². The van der Waals surface area contributed by atoms with E-state index in [0.29, 0.717) is 13.1 Å². The van der Waals surface area contributed by atoms with Gasteiger partial charge in [0.2, 0.25) is 0 Å². The molecule has 8 nitrogen and oxygen atoms in total. The van der Waals surface area contributed by atoms with Crippen LogP contribution in [-0.2, 0) is 20.1 Å². The average molecular weight is 360 g/mol. The van der Waals surface area contributed by atoms with Crippen molar-refractivity contribution in [3.8, 4) is 11.5 Å². The van der Waals surface area contributed by atoms with Gasteiger partial charge in [0, 0.05) is 38.8 Å². The van der Waals surface area contributed by atoms with E-state index in [4.69, 9.17) is 9.47 Å². The summed E-state index contributed by atoms with van der Waals surface area (Å²) in [4.78, 5) is 6.74. The third kappa shape index (κ3) is 4.65. The zero-order chi connectivity index (χ0) is 19.1. The Bertz CT molecular complexity index is 756. The highest BCUT2D eigenvalue weighted by Gasteiger charge is 2.12. The van der Waals surface area contributed by atoms with Crippen molar-refractivity contribution < 1.29 is 9.47 Å². The smallest absolute Gasteiger partial charge is 0.194 e. The molecule has 0 aliphatic heterocycles. The van der Waals surface area contributed by atoms with Crippen molar-refractivity contribution in [2.75, 3.05) is 27.8 Å². The van der Waals surface area contributed by atoms with Crippen molar-refractivity contribution in [1.82, 2.24) is 25.0 Å². The predicted molar refractivity (Wildman–Crippen MR) is 102 cm³/mol. The second-order valence-corrected chi connectivity index (χ2v) is 5.93. The normalized spacial score (nSPS) is 11.4. The Kier molecular flexibility index (Phi) is 6.82. The summed E-state index contributed by atoms with van der Waals surface area (Å²) in [6.45, 7) is 5.86. The van der Waals surface area contributed by atoms with E-state index in [1.165, 1.54) is 0 Å². The van der Waals surface area contributed by atoms with Gasteiger partial charge >= 0.3 is 0 Å². The van der Waals surface area contributed by atoms with Crippen LogP contribution in [0.2, 0.25) is 0 Å². The lowest BCUT2D eigenvalue weighted by Gasteiger charge is -2.23. The van der Waals surface area contributed by atoms with Crippen LogP contribution in [0.4, 0.5) is 0 Å². The number of guanidine groups is 1. The number of benzene rings is 1.